The summed E-state index contributed by atoms with van der Waals surface area (Å²) in [4.78, 5) is 14.8. The Morgan fingerprint density at radius 3 is 2.39 bits per heavy atom. The Hall–Kier alpha value is -1.44. The highest BCUT2D eigenvalue weighted by Gasteiger charge is 2.32. The van der Waals surface area contributed by atoms with E-state index in [9.17, 15) is 13.2 Å². The minimum absolute atomic E-state index is 0.0312. The van der Waals surface area contributed by atoms with Crippen LogP contribution in [0.5, 0.6) is 0 Å². The molecular weight excluding hydrogens is 374 g/mol. The molecule has 1 saturated carbocycles. The van der Waals surface area contributed by atoms with Crippen molar-refractivity contribution < 1.29 is 13.2 Å². The molecule has 1 aliphatic heterocycles. The normalized spacial score (nSPS) is 25.9. The summed E-state index contributed by atoms with van der Waals surface area (Å²) < 4.78 is 26.9. The fraction of sp³-hybridized carbons (Fsp3) is 0.667. The summed E-state index contributed by atoms with van der Waals surface area (Å²) in [6.07, 6.45) is 4.67. The average Bonchev–Trinajstić information content (AvgIpc) is 2.69. The summed E-state index contributed by atoms with van der Waals surface area (Å²) in [5, 5.41) is 3.23. The molecule has 1 saturated heterocycles. The second kappa shape index (κ2) is 9.37. The summed E-state index contributed by atoms with van der Waals surface area (Å²) in [7, 11) is -3.33. The van der Waals surface area contributed by atoms with Gasteiger partial charge in [-0.25, -0.2) is 8.42 Å². The van der Waals surface area contributed by atoms with Crippen LogP contribution in [-0.2, 0) is 20.6 Å². The third-order valence-electron chi connectivity index (χ3n) is 6.22. The first-order chi connectivity index (χ1) is 13.4. The monoisotopic (exact) mass is 407 g/mol. The number of nitrogens with zero attached hydrogens (tertiary/aromatic N) is 2. The Bertz CT molecular complexity index is 745. The predicted octanol–water partition coefficient (Wildman–Crippen LogP) is 2.22. The van der Waals surface area contributed by atoms with Gasteiger partial charge in [0, 0.05) is 32.2 Å². The predicted molar refractivity (Wildman–Crippen MR) is 111 cm³/mol. The molecule has 1 aromatic rings. The number of sulfonamides is 1. The zero-order valence-electron chi connectivity index (χ0n) is 17.0. The van der Waals surface area contributed by atoms with Crippen LogP contribution < -0.4 is 5.32 Å². The van der Waals surface area contributed by atoms with Crippen LogP contribution in [0.1, 0.15) is 45.1 Å². The van der Waals surface area contributed by atoms with Gasteiger partial charge in [0.1, 0.15) is 0 Å². The van der Waals surface area contributed by atoms with Gasteiger partial charge in [0.25, 0.3) is 0 Å². The van der Waals surface area contributed by atoms with E-state index in [1.165, 1.54) is 19.3 Å². The van der Waals surface area contributed by atoms with Gasteiger partial charge in [0.2, 0.25) is 15.9 Å². The molecule has 1 aliphatic carbocycles. The van der Waals surface area contributed by atoms with Crippen molar-refractivity contribution in [1.29, 1.82) is 0 Å². The minimum atomic E-state index is -3.33. The highest BCUT2D eigenvalue weighted by Crippen LogP contribution is 2.24. The fourth-order valence-electron chi connectivity index (χ4n) is 4.25. The molecule has 6 nitrogen and oxygen atoms in total. The van der Waals surface area contributed by atoms with Crippen LogP contribution in [0.3, 0.4) is 0 Å². The average molecular weight is 408 g/mol. The van der Waals surface area contributed by atoms with Gasteiger partial charge < -0.3 is 5.32 Å². The lowest BCUT2D eigenvalue weighted by atomic mass is 9.86. The van der Waals surface area contributed by atoms with E-state index in [1.54, 1.807) is 4.31 Å². The highest BCUT2D eigenvalue weighted by atomic mass is 32.2. The Morgan fingerprint density at radius 2 is 1.75 bits per heavy atom. The number of carbonyl (C=O) groups is 1. The summed E-state index contributed by atoms with van der Waals surface area (Å²) in [5.74, 6) is 0.632. The molecule has 0 spiro atoms. The van der Waals surface area contributed by atoms with Crippen LogP contribution in [-0.4, -0.2) is 61.8 Å². The van der Waals surface area contributed by atoms with E-state index in [-0.39, 0.29) is 23.7 Å². The number of benzene rings is 1. The Labute approximate surface area is 169 Å². The summed E-state index contributed by atoms with van der Waals surface area (Å²) in [5.41, 5.74) is 0.805. The lowest BCUT2D eigenvalue weighted by molar-refractivity contribution is -0.127. The molecule has 3 rings (SSSR count). The maximum Gasteiger partial charge on any atom is 0.237 e. The van der Waals surface area contributed by atoms with Crippen LogP contribution in [0.25, 0.3) is 0 Å². The van der Waals surface area contributed by atoms with Gasteiger partial charge in [-0.3, -0.25) is 9.69 Å². The fourth-order valence-corrected chi connectivity index (χ4v) is 5.76. The van der Waals surface area contributed by atoms with Gasteiger partial charge in [-0.2, -0.15) is 4.31 Å². The number of carbonyl (C=O) groups excluding carboxylic acids is 1. The molecule has 1 aromatic carbocycles. The van der Waals surface area contributed by atoms with Crippen LogP contribution in [0, 0.1) is 5.92 Å². The zero-order chi connectivity index (χ0) is 20.1. The van der Waals surface area contributed by atoms with E-state index in [2.05, 4.69) is 17.1 Å². The topological polar surface area (TPSA) is 69.7 Å². The number of piperazine rings is 1. The van der Waals surface area contributed by atoms with E-state index < -0.39 is 10.0 Å². The second-order valence-electron chi connectivity index (χ2n) is 8.23. The first-order valence-electron chi connectivity index (χ1n) is 10.4. The summed E-state index contributed by atoms with van der Waals surface area (Å²) in [6.45, 7) is 6.19. The van der Waals surface area contributed by atoms with Crippen molar-refractivity contribution >= 4 is 15.9 Å². The molecule has 156 valence electrons. The van der Waals surface area contributed by atoms with Crippen LogP contribution in [0.2, 0.25) is 0 Å². The molecule has 0 unspecified atom stereocenters. The smallest absolute Gasteiger partial charge is 0.237 e. The number of hydrogen-bond acceptors (Lipinski definition) is 4. The Kier molecular flexibility index (Phi) is 7.12. The van der Waals surface area contributed by atoms with Gasteiger partial charge in [-0.1, -0.05) is 50.1 Å². The van der Waals surface area contributed by atoms with Crippen molar-refractivity contribution in [3.05, 3.63) is 35.9 Å². The minimum Gasteiger partial charge on any atom is -0.352 e. The lowest BCUT2D eigenvalue weighted by Gasteiger charge is -2.38. The van der Waals surface area contributed by atoms with Crippen molar-refractivity contribution in [3.63, 3.8) is 0 Å². The first kappa shape index (κ1) is 21.3. The number of amides is 1. The molecule has 0 bridgehead atoms. The third kappa shape index (κ3) is 5.33. The number of rotatable bonds is 6. The molecule has 7 heteroatoms. The molecule has 1 N–H and O–H groups in total. The largest absolute Gasteiger partial charge is 0.352 e. The van der Waals surface area contributed by atoms with Crippen LogP contribution in [0.15, 0.2) is 30.3 Å². The van der Waals surface area contributed by atoms with Gasteiger partial charge >= 0.3 is 0 Å². The van der Waals surface area contributed by atoms with E-state index in [1.807, 2.05) is 37.3 Å². The van der Waals surface area contributed by atoms with Crippen LogP contribution >= 0.6 is 0 Å². The molecule has 1 heterocycles. The van der Waals surface area contributed by atoms with E-state index >= 15 is 0 Å². The molecule has 2 aliphatic rings. The van der Waals surface area contributed by atoms with Crippen molar-refractivity contribution in [1.82, 2.24) is 14.5 Å². The molecular formula is C21H33N3O3S. The van der Waals surface area contributed by atoms with Crippen molar-refractivity contribution in [2.24, 2.45) is 5.92 Å². The van der Waals surface area contributed by atoms with Crippen molar-refractivity contribution in [3.8, 4) is 0 Å². The molecule has 2 fully saturated rings. The maximum absolute atomic E-state index is 12.7. The number of nitrogens with one attached hydrogen (secondary N) is 1. The van der Waals surface area contributed by atoms with Crippen molar-refractivity contribution in [2.75, 3.05) is 26.2 Å². The van der Waals surface area contributed by atoms with Crippen LogP contribution in [0.4, 0.5) is 0 Å². The van der Waals surface area contributed by atoms with Gasteiger partial charge in [-0.15, -0.1) is 0 Å². The molecule has 28 heavy (non-hydrogen) atoms. The molecule has 0 aromatic heterocycles. The Balaban J connectivity index is 1.50. The first-order valence-corrected chi connectivity index (χ1v) is 12.0. The van der Waals surface area contributed by atoms with Crippen molar-refractivity contribution in [2.45, 2.75) is 57.4 Å². The van der Waals surface area contributed by atoms with Gasteiger partial charge in [-0.05, 0) is 31.2 Å². The van der Waals surface area contributed by atoms with Gasteiger partial charge in [0.15, 0.2) is 0 Å². The molecule has 3 atom stereocenters. The molecule has 1 amide bonds. The van der Waals surface area contributed by atoms with E-state index in [0.717, 1.165) is 12.0 Å². The standard InChI is InChI=1S/C21H33N3O3S/c1-17-8-6-7-11-20(17)22-21(25)18(2)23-12-14-24(15-13-23)28(26,27)16-19-9-4-3-5-10-19/h3-5,9-10,17-18,20H,6-8,11-16H2,1-2H3,(H,22,25)/t17-,18-,20-/m1/s1. The third-order valence-corrected chi connectivity index (χ3v) is 8.07. The second-order valence-corrected chi connectivity index (χ2v) is 10.2. The zero-order valence-corrected chi connectivity index (χ0v) is 17.8. The van der Waals surface area contributed by atoms with E-state index in [4.69, 9.17) is 0 Å². The quantitative estimate of drug-likeness (QED) is 0.785. The summed E-state index contributed by atoms with van der Waals surface area (Å²) >= 11 is 0. The van der Waals surface area contributed by atoms with Gasteiger partial charge in [0.05, 0.1) is 11.8 Å². The lowest BCUT2D eigenvalue weighted by Crippen LogP contribution is -2.56. The SMILES string of the molecule is C[C@@H]1CCCC[C@H]1NC(=O)[C@@H](C)N1CCN(S(=O)(=O)Cc2ccccc2)CC1. The maximum atomic E-state index is 12.7. The van der Waals surface area contributed by atoms with E-state index in [0.29, 0.717) is 32.1 Å². The summed E-state index contributed by atoms with van der Waals surface area (Å²) in [6, 6.07) is 9.32. The number of hydrogen-bond donors (Lipinski definition) is 1. The Morgan fingerprint density at radius 1 is 1.11 bits per heavy atom. The highest BCUT2D eigenvalue weighted by molar-refractivity contribution is 7.88. The molecule has 0 radical (unpaired) electrons.